The average molecular weight is 284 g/mol. The van der Waals surface area contributed by atoms with Gasteiger partial charge >= 0.3 is 5.97 Å². The number of unbranched alkanes of at least 4 members (excludes halogenated alkanes) is 6. The number of carbonyl (C=O) groups is 2. The second-order valence-corrected chi connectivity index (χ2v) is 5.93. The van der Waals surface area contributed by atoms with E-state index in [-0.39, 0.29) is 18.2 Å². The molecule has 0 aliphatic rings. The number of esters is 1. The maximum absolute atomic E-state index is 11.5. The lowest BCUT2D eigenvalue weighted by Gasteiger charge is -2.04. The van der Waals surface area contributed by atoms with Gasteiger partial charge in [0.25, 0.3) is 0 Å². The molecule has 0 aromatic carbocycles. The first-order valence-electron chi connectivity index (χ1n) is 8.23. The monoisotopic (exact) mass is 284 g/mol. The molecule has 0 rings (SSSR count). The molecular weight excluding hydrogens is 252 g/mol. The zero-order valence-corrected chi connectivity index (χ0v) is 13.6. The van der Waals surface area contributed by atoms with Gasteiger partial charge in [0, 0.05) is 6.42 Å². The van der Waals surface area contributed by atoms with Gasteiger partial charge in [-0.15, -0.1) is 0 Å². The summed E-state index contributed by atoms with van der Waals surface area (Å²) in [4.78, 5) is 22.6. The second-order valence-electron chi connectivity index (χ2n) is 5.93. The molecule has 0 aliphatic carbocycles. The van der Waals surface area contributed by atoms with Crippen molar-refractivity contribution in [2.45, 2.75) is 85.0 Å². The second kappa shape index (κ2) is 13.1. The van der Waals surface area contributed by atoms with Crippen molar-refractivity contribution in [3.63, 3.8) is 0 Å². The van der Waals surface area contributed by atoms with E-state index in [1.807, 2.05) is 0 Å². The Bertz CT molecular complexity index is 259. The molecule has 118 valence electrons. The number of Topliss-reactive ketones (excluding diaryl/α,β-unsaturated/α-hetero) is 1. The van der Waals surface area contributed by atoms with Crippen molar-refractivity contribution in [1.82, 2.24) is 0 Å². The summed E-state index contributed by atoms with van der Waals surface area (Å²) < 4.78 is 4.75. The van der Waals surface area contributed by atoms with Gasteiger partial charge in [0.1, 0.15) is 12.2 Å². The van der Waals surface area contributed by atoms with Crippen LogP contribution >= 0.6 is 0 Å². The molecule has 3 nitrogen and oxygen atoms in total. The largest absolute Gasteiger partial charge is 0.466 e. The number of carbonyl (C=O) groups excluding carboxylic acids is 2. The Hall–Kier alpha value is -0.860. The fourth-order valence-corrected chi connectivity index (χ4v) is 2.22. The molecule has 0 amide bonds. The lowest BCUT2D eigenvalue weighted by atomic mass is 10.0. The zero-order valence-electron chi connectivity index (χ0n) is 13.6. The topological polar surface area (TPSA) is 43.4 Å². The van der Waals surface area contributed by atoms with Crippen LogP contribution in [-0.2, 0) is 14.3 Å². The van der Waals surface area contributed by atoms with Gasteiger partial charge in [-0.25, -0.2) is 0 Å². The Morgan fingerprint density at radius 1 is 0.900 bits per heavy atom. The van der Waals surface area contributed by atoms with E-state index < -0.39 is 0 Å². The van der Waals surface area contributed by atoms with Crippen LogP contribution in [0.15, 0.2) is 0 Å². The first-order valence-corrected chi connectivity index (χ1v) is 8.23. The number of rotatable bonds is 13. The summed E-state index contributed by atoms with van der Waals surface area (Å²) in [6.45, 7) is 6.65. The van der Waals surface area contributed by atoms with Crippen molar-refractivity contribution < 1.29 is 14.3 Å². The first-order chi connectivity index (χ1) is 9.56. The van der Waals surface area contributed by atoms with Gasteiger partial charge in [0.05, 0.1) is 6.61 Å². The molecule has 0 saturated heterocycles. The summed E-state index contributed by atoms with van der Waals surface area (Å²) in [5.41, 5.74) is 0. The molecule has 0 unspecified atom stereocenters. The summed E-state index contributed by atoms with van der Waals surface area (Å²) in [5.74, 6) is 0.448. The highest BCUT2D eigenvalue weighted by Gasteiger charge is 2.09. The molecule has 0 radical (unpaired) electrons. The Labute approximate surface area is 124 Å². The summed E-state index contributed by atoms with van der Waals surface area (Å²) in [6, 6.07) is 0. The van der Waals surface area contributed by atoms with Crippen LogP contribution in [0.25, 0.3) is 0 Å². The van der Waals surface area contributed by atoms with E-state index in [2.05, 4.69) is 13.8 Å². The number of hydrogen-bond acceptors (Lipinski definition) is 3. The molecule has 20 heavy (non-hydrogen) atoms. The van der Waals surface area contributed by atoms with Crippen LogP contribution in [0, 0.1) is 5.92 Å². The third kappa shape index (κ3) is 13.6. The van der Waals surface area contributed by atoms with Gasteiger partial charge in [0.2, 0.25) is 0 Å². The highest BCUT2D eigenvalue weighted by atomic mass is 16.5. The molecule has 0 saturated carbocycles. The minimum absolute atomic E-state index is 0.0142. The third-order valence-corrected chi connectivity index (χ3v) is 3.38. The Balaban J connectivity index is 3.27. The Morgan fingerprint density at radius 3 is 2.00 bits per heavy atom. The fourth-order valence-electron chi connectivity index (χ4n) is 2.22. The summed E-state index contributed by atoms with van der Waals surface area (Å²) in [7, 11) is 0. The van der Waals surface area contributed by atoms with Crippen LogP contribution in [0.3, 0.4) is 0 Å². The quantitative estimate of drug-likeness (QED) is 0.280. The molecule has 0 aromatic heterocycles. The standard InChI is InChI=1S/C17H32O3/c1-4-20-17(19)14-16(18)13-11-9-7-5-6-8-10-12-15(2)3/h15H,4-14H2,1-3H3. The molecule has 0 atom stereocenters. The van der Waals surface area contributed by atoms with Gasteiger partial charge in [-0.1, -0.05) is 58.8 Å². The predicted molar refractivity (Wildman–Crippen MR) is 82.6 cm³/mol. The fraction of sp³-hybridized carbons (Fsp3) is 0.882. The first kappa shape index (κ1) is 19.1. The number of ether oxygens (including phenoxy) is 1. The van der Waals surface area contributed by atoms with E-state index in [1.165, 1.54) is 38.5 Å². The van der Waals surface area contributed by atoms with E-state index >= 15 is 0 Å². The molecule has 0 N–H and O–H groups in total. The van der Waals surface area contributed by atoms with Crippen LogP contribution in [-0.4, -0.2) is 18.4 Å². The lowest BCUT2D eigenvalue weighted by Crippen LogP contribution is -2.10. The van der Waals surface area contributed by atoms with Crippen LogP contribution < -0.4 is 0 Å². The Morgan fingerprint density at radius 2 is 1.45 bits per heavy atom. The predicted octanol–water partition coefficient (Wildman–Crippen LogP) is 4.68. The van der Waals surface area contributed by atoms with Gasteiger partial charge in [0.15, 0.2) is 0 Å². The van der Waals surface area contributed by atoms with Crippen molar-refractivity contribution in [3.05, 3.63) is 0 Å². The highest BCUT2D eigenvalue weighted by Crippen LogP contribution is 2.12. The minimum atomic E-state index is -0.386. The molecule has 0 spiro atoms. The molecule has 0 aromatic rings. The molecule has 0 fully saturated rings. The lowest BCUT2D eigenvalue weighted by molar-refractivity contribution is -0.145. The molecule has 0 bridgehead atoms. The van der Waals surface area contributed by atoms with Crippen molar-refractivity contribution in [2.75, 3.05) is 6.61 Å². The van der Waals surface area contributed by atoms with Crippen molar-refractivity contribution in [3.8, 4) is 0 Å². The number of ketones is 1. The highest BCUT2D eigenvalue weighted by molar-refractivity contribution is 5.95. The summed E-state index contributed by atoms with van der Waals surface area (Å²) >= 11 is 0. The van der Waals surface area contributed by atoms with Crippen LogP contribution in [0.5, 0.6) is 0 Å². The number of hydrogen-bond donors (Lipinski definition) is 0. The van der Waals surface area contributed by atoms with Crippen LogP contribution in [0.1, 0.15) is 85.0 Å². The van der Waals surface area contributed by atoms with Gasteiger partial charge < -0.3 is 4.74 Å². The molecular formula is C17H32O3. The SMILES string of the molecule is CCOC(=O)CC(=O)CCCCCCCCCC(C)C. The van der Waals surface area contributed by atoms with Crippen LogP contribution in [0.2, 0.25) is 0 Å². The molecule has 0 heterocycles. The normalized spacial score (nSPS) is 10.8. The van der Waals surface area contributed by atoms with E-state index in [9.17, 15) is 9.59 Å². The van der Waals surface area contributed by atoms with Crippen molar-refractivity contribution in [1.29, 1.82) is 0 Å². The van der Waals surface area contributed by atoms with Crippen LogP contribution in [0.4, 0.5) is 0 Å². The molecule has 3 heteroatoms. The summed E-state index contributed by atoms with van der Waals surface area (Å²) in [5, 5.41) is 0. The van der Waals surface area contributed by atoms with E-state index in [0.29, 0.717) is 13.0 Å². The van der Waals surface area contributed by atoms with E-state index in [1.54, 1.807) is 6.92 Å². The van der Waals surface area contributed by atoms with Crippen molar-refractivity contribution in [2.24, 2.45) is 5.92 Å². The molecule has 0 aliphatic heterocycles. The maximum atomic E-state index is 11.5. The average Bonchev–Trinajstić information content (AvgIpc) is 2.36. The smallest absolute Gasteiger partial charge is 0.313 e. The van der Waals surface area contributed by atoms with Gasteiger partial charge in [-0.3, -0.25) is 9.59 Å². The minimum Gasteiger partial charge on any atom is -0.466 e. The van der Waals surface area contributed by atoms with Crippen molar-refractivity contribution >= 4 is 11.8 Å². The van der Waals surface area contributed by atoms with Gasteiger partial charge in [-0.2, -0.15) is 0 Å². The zero-order chi connectivity index (χ0) is 15.2. The summed E-state index contributed by atoms with van der Waals surface area (Å²) in [6.07, 6.45) is 10.3. The maximum Gasteiger partial charge on any atom is 0.313 e. The van der Waals surface area contributed by atoms with E-state index in [4.69, 9.17) is 4.74 Å². The third-order valence-electron chi connectivity index (χ3n) is 3.38. The van der Waals surface area contributed by atoms with Gasteiger partial charge in [-0.05, 0) is 19.3 Å². The van der Waals surface area contributed by atoms with E-state index in [0.717, 1.165) is 18.8 Å². The Kier molecular flexibility index (Phi) is 12.6.